The number of nitrogens with one attached hydrogen (secondary N) is 1. The molecule has 2 heterocycles. The molecule has 3 rings (SSSR count). The quantitative estimate of drug-likeness (QED) is 0.884. The SMILES string of the molecule is COc1ccccc1C(NC(=O)N1CCC(O)CC1)c1nccn1C. The number of hydrogen-bond donors (Lipinski definition) is 2. The Morgan fingerprint density at radius 2 is 2.08 bits per heavy atom. The molecule has 1 fully saturated rings. The van der Waals surface area contributed by atoms with Gasteiger partial charge in [-0.1, -0.05) is 18.2 Å². The van der Waals surface area contributed by atoms with E-state index in [1.54, 1.807) is 18.2 Å². The van der Waals surface area contributed by atoms with Crippen LogP contribution in [0.4, 0.5) is 4.79 Å². The Kier molecular flexibility index (Phi) is 5.23. The Bertz CT molecular complexity index is 723. The molecule has 2 aromatic rings. The fraction of sp³-hybridized carbons (Fsp3) is 0.444. The van der Waals surface area contributed by atoms with Gasteiger partial charge in [-0.15, -0.1) is 0 Å². The van der Waals surface area contributed by atoms with Crippen LogP contribution in [0.5, 0.6) is 5.75 Å². The molecular weight excluding hydrogens is 320 g/mol. The first-order chi connectivity index (χ1) is 12.1. The maximum Gasteiger partial charge on any atom is 0.318 e. The number of imidazole rings is 1. The molecule has 0 bridgehead atoms. The highest BCUT2D eigenvalue weighted by atomic mass is 16.5. The number of aliphatic hydroxyl groups excluding tert-OH is 1. The van der Waals surface area contributed by atoms with E-state index in [0.29, 0.717) is 31.7 Å². The molecule has 1 aliphatic heterocycles. The summed E-state index contributed by atoms with van der Waals surface area (Å²) in [5, 5.41) is 12.7. The summed E-state index contributed by atoms with van der Waals surface area (Å²) in [6.07, 6.45) is 4.45. The van der Waals surface area contributed by atoms with Crippen LogP contribution in [0.15, 0.2) is 36.7 Å². The number of benzene rings is 1. The third kappa shape index (κ3) is 3.76. The van der Waals surface area contributed by atoms with Gasteiger partial charge in [-0.05, 0) is 18.9 Å². The van der Waals surface area contributed by atoms with Crippen LogP contribution in [0.1, 0.15) is 30.3 Å². The van der Waals surface area contributed by atoms with E-state index in [4.69, 9.17) is 4.74 Å². The molecule has 7 nitrogen and oxygen atoms in total. The van der Waals surface area contributed by atoms with Gasteiger partial charge in [0, 0.05) is 38.1 Å². The third-order valence-electron chi connectivity index (χ3n) is 4.59. The number of para-hydroxylation sites is 1. The summed E-state index contributed by atoms with van der Waals surface area (Å²) in [5.74, 6) is 1.43. The van der Waals surface area contributed by atoms with Crippen molar-refractivity contribution < 1.29 is 14.6 Å². The van der Waals surface area contributed by atoms with Gasteiger partial charge >= 0.3 is 6.03 Å². The molecule has 1 unspecified atom stereocenters. The minimum Gasteiger partial charge on any atom is -0.496 e. The molecular formula is C18H24N4O3. The highest BCUT2D eigenvalue weighted by molar-refractivity contribution is 5.75. The first-order valence-electron chi connectivity index (χ1n) is 8.43. The topological polar surface area (TPSA) is 79.6 Å². The summed E-state index contributed by atoms with van der Waals surface area (Å²) in [6, 6.07) is 7.02. The van der Waals surface area contributed by atoms with Gasteiger partial charge in [0.15, 0.2) is 0 Å². The molecule has 0 saturated carbocycles. The van der Waals surface area contributed by atoms with Gasteiger partial charge in [0.1, 0.15) is 17.6 Å². The molecule has 0 radical (unpaired) electrons. The first-order valence-corrected chi connectivity index (χ1v) is 8.43. The summed E-state index contributed by atoms with van der Waals surface area (Å²) in [6.45, 7) is 1.10. The second kappa shape index (κ2) is 7.57. The summed E-state index contributed by atoms with van der Waals surface area (Å²) in [4.78, 5) is 18.9. The van der Waals surface area contributed by atoms with Gasteiger partial charge in [0.2, 0.25) is 0 Å². The van der Waals surface area contributed by atoms with E-state index >= 15 is 0 Å². The van der Waals surface area contributed by atoms with Crippen molar-refractivity contribution in [3.63, 3.8) is 0 Å². The minimum absolute atomic E-state index is 0.161. The third-order valence-corrected chi connectivity index (χ3v) is 4.59. The number of carbonyl (C=O) groups is 1. The van der Waals surface area contributed by atoms with Crippen LogP contribution in [-0.2, 0) is 7.05 Å². The molecule has 7 heteroatoms. The number of amides is 2. The van der Waals surface area contributed by atoms with Crippen molar-refractivity contribution in [2.24, 2.45) is 7.05 Å². The van der Waals surface area contributed by atoms with Crippen LogP contribution in [0.3, 0.4) is 0 Å². The zero-order valence-electron chi connectivity index (χ0n) is 14.6. The number of aryl methyl sites for hydroxylation is 1. The summed E-state index contributed by atoms with van der Waals surface area (Å²) >= 11 is 0. The number of hydrogen-bond acceptors (Lipinski definition) is 4. The molecule has 25 heavy (non-hydrogen) atoms. The number of nitrogens with zero attached hydrogens (tertiary/aromatic N) is 3. The van der Waals surface area contributed by atoms with Crippen molar-refractivity contribution in [3.8, 4) is 5.75 Å². The molecule has 1 aromatic carbocycles. The van der Waals surface area contributed by atoms with E-state index in [1.807, 2.05) is 42.1 Å². The fourth-order valence-electron chi connectivity index (χ4n) is 3.13. The van der Waals surface area contributed by atoms with Crippen LogP contribution in [-0.4, -0.2) is 51.9 Å². The molecule has 0 spiro atoms. The van der Waals surface area contributed by atoms with Gasteiger partial charge in [-0.3, -0.25) is 0 Å². The lowest BCUT2D eigenvalue weighted by molar-refractivity contribution is 0.0930. The Balaban J connectivity index is 1.87. The number of piperidine rings is 1. The van der Waals surface area contributed by atoms with Gasteiger partial charge in [-0.2, -0.15) is 0 Å². The zero-order chi connectivity index (χ0) is 17.8. The molecule has 1 aromatic heterocycles. The van der Waals surface area contributed by atoms with Crippen LogP contribution < -0.4 is 10.1 Å². The Hall–Kier alpha value is -2.54. The van der Waals surface area contributed by atoms with Crippen LogP contribution in [0.25, 0.3) is 0 Å². The Labute approximate surface area is 147 Å². The molecule has 134 valence electrons. The number of urea groups is 1. The normalized spacial score (nSPS) is 16.5. The lowest BCUT2D eigenvalue weighted by atomic mass is 10.0. The molecule has 1 aliphatic rings. The predicted molar refractivity (Wildman–Crippen MR) is 93.4 cm³/mol. The number of methoxy groups -OCH3 is 1. The fourth-order valence-corrected chi connectivity index (χ4v) is 3.13. The van der Waals surface area contributed by atoms with Crippen LogP contribution >= 0.6 is 0 Å². The Morgan fingerprint density at radius 1 is 1.36 bits per heavy atom. The average Bonchev–Trinajstić information content (AvgIpc) is 3.06. The summed E-state index contributed by atoms with van der Waals surface area (Å²) in [5.41, 5.74) is 0.852. The van der Waals surface area contributed by atoms with Gasteiger partial charge in [0.25, 0.3) is 0 Å². The van der Waals surface area contributed by atoms with E-state index in [2.05, 4.69) is 10.3 Å². The second-order valence-corrected chi connectivity index (χ2v) is 6.24. The standard InChI is InChI=1S/C18H24N4O3/c1-21-12-9-19-17(21)16(14-5-3-4-6-15(14)25-2)20-18(24)22-10-7-13(23)8-11-22/h3-6,9,12-13,16,23H,7-8,10-11H2,1-2H3,(H,20,24). The van der Waals surface area contributed by atoms with Crippen molar-refractivity contribution in [3.05, 3.63) is 48.0 Å². The van der Waals surface area contributed by atoms with E-state index in [9.17, 15) is 9.90 Å². The first kappa shape index (κ1) is 17.3. The number of ether oxygens (including phenoxy) is 1. The van der Waals surface area contributed by atoms with Crippen molar-refractivity contribution in [1.82, 2.24) is 19.8 Å². The van der Waals surface area contributed by atoms with Crippen LogP contribution in [0.2, 0.25) is 0 Å². The maximum atomic E-state index is 12.7. The highest BCUT2D eigenvalue weighted by Crippen LogP contribution is 2.29. The van der Waals surface area contributed by atoms with Crippen molar-refractivity contribution in [1.29, 1.82) is 0 Å². The van der Waals surface area contributed by atoms with E-state index in [1.165, 1.54) is 0 Å². The number of rotatable bonds is 4. The van der Waals surface area contributed by atoms with Gasteiger partial charge in [0.05, 0.1) is 13.2 Å². The smallest absolute Gasteiger partial charge is 0.318 e. The zero-order valence-corrected chi connectivity index (χ0v) is 14.6. The van der Waals surface area contributed by atoms with E-state index in [0.717, 1.165) is 11.4 Å². The molecule has 0 aliphatic carbocycles. The summed E-state index contributed by atoms with van der Waals surface area (Å²) in [7, 11) is 3.51. The minimum atomic E-state index is -0.421. The molecule has 1 atom stereocenters. The largest absolute Gasteiger partial charge is 0.496 e. The van der Waals surface area contributed by atoms with Crippen molar-refractivity contribution >= 4 is 6.03 Å². The lowest BCUT2D eigenvalue weighted by Gasteiger charge is -2.31. The van der Waals surface area contributed by atoms with Crippen molar-refractivity contribution in [2.45, 2.75) is 25.0 Å². The monoisotopic (exact) mass is 344 g/mol. The molecule has 2 amide bonds. The molecule has 1 saturated heterocycles. The van der Waals surface area contributed by atoms with Crippen molar-refractivity contribution in [2.75, 3.05) is 20.2 Å². The Morgan fingerprint density at radius 3 is 2.72 bits per heavy atom. The van der Waals surface area contributed by atoms with Gasteiger partial charge < -0.3 is 24.6 Å². The van der Waals surface area contributed by atoms with E-state index < -0.39 is 6.04 Å². The number of aliphatic hydroxyl groups is 1. The highest BCUT2D eigenvalue weighted by Gasteiger charge is 2.27. The van der Waals surface area contributed by atoms with Gasteiger partial charge in [-0.25, -0.2) is 9.78 Å². The van der Waals surface area contributed by atoms with E-state index in [-0.39, 0.29) is 12.1 Å². The van der Waals surface area contributed by atoms with Crippen LogP contribution in [0, 0.1) is 0 Å². The summed E-state index contributed by atoms with van der Waals surface area (Å²) < 4.78 is 7.36. The average molecular weight is 344 g/mol. The lowest BCUT2D eigenvalue weighted by Crippen LogP contribution is -2.47. The number of aromatic nitrogens is 2. The number of carbonyl (C=O) groups excluding carboxylic acids is 1. The predicted octanol–water partition coefficient (Wildman–Crippen LogP) is 1.68. The molecule has 2 N–H and O–H groups in total. The number of likely N-dealkylation sites (tertiary alicyclic amines) is 1. The maximum absolute atomic E-state index is 12.7. The second-order valence-electron chi connectivity index (χ2n) is 6.24.